The number of aliphatic hydroxyl groups is 1. The van der Waals surface area contributed by atoms with Crippen LogP contribution >= 0.6 is 0 Å². The molecule has 1 aromatic carbocycles. The van der Waals surface area contributed by atoms with E-state index in [1.54, 1.807) is 0 Å². The molecule has 2 atom stereocenters. The standard InChI is InChI=1S/C16H25N3O/c17-14-5-3-4-13(10-14)16(20)12-18-9-6-15(11-18)19-7-1-2-8-19/h3-5,10,15-16,20H,1-2,6-9,11-12,17H2. The van der Waals surface area contributed by atoms with E-state index in [4.69, 9.17) is 5.73 Å². The first-order valence-corrected chi connectivity index (χ1v) is 7.72. The van der Waals surface area contributed by atoms with Crippen molar-refractivity contribution in [1.82, 2.24) is 9.80 Å². The van der Waals surface area contributed by atoms with E-state index in [9.17, 15) is 5.11 Å². The molecule has 2 saturated heterocycles. The van der Waals surface area contributed by atoms with E-state index in [2.05, 4.69) is 9.80 Å². The summed E-state index contributed by atoms with van der Waals surface area (Å²) in [7, 11) is 0. The van der Waals surface area contributed by atoms with Crippen LogP contribution in [0.5, 0.6) is 0 Å². The Hall–Kier alpha value is -1.10. The molecular formula is C16H25N3O. The highest BCUT2D eigenvalue weighted by Gasteiger charge is 2.30. The number of β-amino-alcohol motifs (C(OH)–C–C–N with tert-alkyl or cyclic N) is 1. The minimum absolute atomic E-state index is 0.434. The van der Waals surface area contributed by atoms with Crippen molar-refractivity contribution in [3.8, 4) is 0 Å². The number of nitrogens with zero attached hydrogens (tertiary/aromatic N) is 2. The van der Waals surface area contributed by atoms with Crippen molar-refractivity contribution in [3.63, 3.8) is 0 Å². The van der Waals surface area contributed by atoms with Crippen molar-refractivity contribution < 1.29 is 5.11 Å². The smallest absolute Gasteiger partial charge is 0.0917 e. The molecule has 0 aliphatic carbocycles. The first-order valence-electron chi connectivity index (χ1n) is 7.72. The van der Waals surface area contributed by atoms with E-state index in [0.717, 1.165) is 24.3 Å². The van der Waals surface area contributed by atoms with E-state index in [1.165, 1.54) is 32.4 Å². The predicted octanol–water partition coefficient (Wildman–Crippen LogP) is 1.47. The van der Waals surface area contributed by atoms with Gasteiger partial charge >= 0.3 is 0 Å². The van der Waals surface area contributed by atoms with Gasteiger partial charge in [0.25, 0.3) is 0 Å². The van der Waals surface area contributed by atoms with Crippen LogP contribution in [0.2, 0.25) is 0 Å². The molecule has 0 saturated carbocycles. The molecule has 20 heavy (non-hydrogen) atoms. The van der Waals surface area contributed by atoms with Crippen LogP contribution in [0.1, 0.15) is 30.9 Å². The Morgan fingerprint density at radius 1 is 1.25 bits per heavy atom. The van der Waals surface area contributed by atoms with Gasteiger partial charge in [0.05, 0.1) is 6.10 Å². The predicted molar refractivity (Wildman–Crippen MR) is 81.5 cm³/mol. The zero-order valence-electron chi connectivity index (χ0n) is 12.0. The summed E-state index contributed by atoms with van der Waals surface area (Å²) in [4.78, 5) is 5.00. The number of likely N-dealkylation sites (tertiary alicyclic amines) is 2. The van der Waals surface area contributed by atoms with E-state index in [0.29, 0.717) is 12.6 Å². The lowest BCUT2D eigenvalue weighted by atomic mass is 10.1. The first-order chi connectivity index (χ1) is 9.72. The fraction of sp³-hybridized carbons (Fsp3) is 0.625. The Kier molecular flexibility index (Phi) is 4.24. The van der Waals surface area contributed by atoms with E-state index >= 15 is 0 Å². The summed E-state index contributed by atoms with van der Waals surface area (Å²) in [6, 6.07) is 8.29. The van der Waals surface area contributed by atoms with Crippen molar-refractivity contribution in [2.75, 3.05) is 38.5 Å². The summed E-state index contributed by atoms with van der Waals surface area (Å²) in [5.41, 5.74) is 7.42. The summed E-state index contributed by atoms with van der Waals surface area (Å²) >= 11 is 0. The lowest BCUT2D eigenvalue weighted by Crippen LogP contribution is -2.36. The van der Waals surface area contributed by atoms with Gasteiger partial charge in [0.1, 0.15) is 0 Å². The summed E-state index contributed by atoms with van der Waals surface area (Å²) in [6.45, 7) is 5.43. The normalized spacial score (nSPS) is 26.1. The molecule has 0 amide bonds. The number of hydrogen-bond donors (Lipinski definition) is 2. The first kappa shape index (κ1) is 13.9. The summed E-state index contributed by atoms with van der Waals surface area (Å²) < 4.78 is 0. The fourth-order valence-electron chi connectivity index (χ4n) is 3.50. The van der Waals surface area contributed by atoms with Gasteiger partial charge in [-0.25, -0.2) is 0 Å². The molecule has 110 valence electrons. The maximum atomic E-state index is 10.3. The SMILES string of the molecule is Nc1cccc(C(O)CN2CCC(N3CCCC3)C2)c1. The fourth-order valence-corrected chi connectivity index (χ4v) is 3.50. The molecule has 0 aromatic heterocycles. The highest BCUT2D eigenvalue weighted by Crippen LogP contribution is 2.23. The van der Waals surface area contributed by atoms with Crippen LogP contribution < -0.4 is 5.73 Å². The Bertz CT molecular complexity index is 445. The molecule has 1 aromatic rings. The number of rotatable bonds is 4. The second-order valence-electron chi connectivity index (χ2n) is 6.13. The topological polar surface area (TPSA) is 52.7 Å². The Labute approximate surface area is 121 Å². The lowest BCUT2D eigenvalue weighted by Gasteiger charge is -2.24. The molecule has 0 bridgehead atoms. The van der Waals surface area contributed by atoms with Crippen LogP contribution in [0, 0.1) is 0 Å². The van der Waals surface area contributed by atoms with Gasteiger partial charge in [-0.15, -0.1) is 0 Å². The average Bonchev–Trinajstić information content (AvgIpc) is 3.08. The van der Waals surface area contributed by atoms with Gasteiger partial charge in [-0.05, 0) is 56.6 Å². The van der Waals surface area contributed by atoms with Crippen LogP contribution in [0.3, 0.4) is 0 Å². The van der Waals surface area contributed by atoms with Crippen LogP contribution in [-0.4, -0.2) is 53.7 Å². The number of hydrogen-bond acceptors (Lipinski definition) is 4. The lowest BCUT2D eigenvalue weighted by molar-refractivity contribution is 0.120. The summed E-state index contributed by atoms with van der Waals surface area (Å²) in [6.07, 6.45) is 3.50. The van der Waals surface area contributed by atoms with E-state index in [-0.39, 0.29) is 0 Å². The minimum atomic E-state index is -0.434. The third kappa shape index (κ3) is 3.14. The van der Waals surface area contributed by atoms with Crippen LogP contribution in [0.15, 0.2) is 24.3 Å². The van der Waals surface area contributed by atoms with Gasteiger partial charge in [-0.1, -0.05) is 12.1 Å². The molecule has 4 nitrogen and oxygen atoms in total. The minimum Gasteiger partial charge on any atom is -0.399 e. The molecule has 4 heteroatoms. The van der Waals surface area contributed by atoms with Gasteiger partial charge in [0, 0.05) is 24.8 Å². The average molecular weight is 275 g/mol. The van der Waals surface area contributed by atoms with Crippen LogP contribution in [0.4, 0.5) is 5.69 Å². The van der Waals surface area contributed by atoms with Gasteiger partial charge in [0.2, 0.25) is 0 Å². The van der Waals surface area contributed by atoms with Crippen molar-refractivity contribution in [3.05, 3.63) is 29.8 Å². The quantitative estimate of drug-likeness (QED) is 0.817. The number of anilines is 1. The second-order valence-corrected chi connectivity index (χ2v) is 6.13. The Morgan fingerprint density at radius 3 is 2.80 bits per heavy atom. The maximum absolute atomic E-state index is 10.3. The van der Waals surface area contributed by atoms with Gasteiger partial charge in [-0.3, -0.25) is 9.80 Å². The molecule has 2 fully saturated rings. The largest absolute Gasteiger partial charge is 0.399 e. The molecule has 2 heterocycles. The number of nitrogen functional groups attached to an aromatic ring is 1. The van der Waals surface area contributed by atoms with Crippen molar-refractivity contribution in [2.24, 2.45) is 0 Å². The highest BCUT2D eigenvalue weighted by molar-refractivity contribution is 5.41. The molecule has 3 N–H and O–H groups in total. The molecule has 0 radical (unpaired) electrons. The molecule has 0 spiro atoms. The molecule has 2 aliphatic rings. The molecule has 2 aliphatic heterocycles. The second kappa shape index (κ2) is 6.12. The van der Waals surface area contributed by atoms with Gasteiger partial charge in [-0.2, -0.15) is 0 Å². The number of nitrogens with two attached hydrogens (primary N) is 1. The highest BCUT2D eigenvalue weighted by atomic mass is 16.3. The van der Waals surface area contributed by atoms with Crippen LogP contribution in [0.25, 0.3) is 0 Å². The maximum Gasteiger partial charge on any atom is 0.0917 e. The molecule has 2 unspecified atom stereocenters. The number of benzene rings is 1. The zero-order valence-corrected chi connectivity index (χ0v) is 12.0. The Morgan fingerprint density at radius 2 is 2.05 bits per heavy atom. The Balaban J connectivity index is 1.53. The monoisotopic (exact) mass is 275 g/mol. The van der Waals surface area contributed by atoms with E-state index in [1.807, 2.05) is 24.3 Å². The van der Waals surface area contributed by atoms with Crippen molar-refractivity contribution in [1.29, 1.82) is 0 Å². The molecule has 3 rings (SSSR count). The number of aliphatic hydroxyl groups excluding tert-OH is 1. The third-order valence-electron chi connectivity index (χ3n) is 4.63. The van der Waals surface area contributed by atoms with Gasteiger partial charge in [0.15, 0.2) is 0 Å². The summed E-state index contributed by atoms with van der Waals surface area (Å²) in [5, 5.41) is 10.3. The summed E-state index contributed by atoms with van der Waals surface area (Å²) in [5.74, 6) is 0. The van der Waals surface area contributed by atoms with Crippen LogP contribution in [-0.2, 0) is 0 Å². The molecular weight excluding hydrogens is 250 g/mol. The zero-order chi connectivity index (χ0) is 13.9. The third-order valence-corrected chi connectivity index (χ3v) is 4.63. The van der Waals surface area contributed by atoms with Gasteiger partial charge < -0.3 is 10.8 Å². The van der Waals surface area contributed by atoms with Crippen molar-refractivity contribution >= 4 is 5.69 Å². The van der Waals surface area contributed by atoms with Crippen molar-refractivity contribution in [2.45, 2.75) is 31.4 Å². The van der Waals surface area contributed by atoms with E-state index < -0.39 is 6.10 Å².